The summed E-state index contributed by atoms with van der Waals surface area (Å²) in [6.07, 6.45) is 3.06. The third kappa shape index (κ3) is 15.0. The highest BCUT2D eigenvalue weighted by molar-refractivity contribution is 6.15. The Morgan fingerprint density at radius 3 is 2.00 bits per heavy atom. The van der Waals surface area contributed by atoms with Gasteiger partial charge in [0.1, 0.15) is 30.5 Å². The van der Waals surface area contributed by atoms with Crippen LogP contribution in [0.5, 0.6) is 5.75 Å². The molecule has 16 heteroatoms. The number of carbonyl (C=O) groups is 7. The van der Waals surface area contributed by atoms with Crippen molar-refractivity contribution in [2.75, 3.05) is 25.1 Å². The van der Waals surface area contributed by atoms with E-state index in [2.05, 4.69) is 21.3 Å². The molecule has 6 N–H and O–H groups in total. The van der Waals surface area contributed by atoms with Crippen molar-refractivity contribution in [1.29, 1.82) is 0 Å². The fraction of sp³-hybridized carbons (Fsp3) is 0.500. The van der Waals surface area contributed by atoms with Gasteiger partial charge in [0.25, 0.3) is 11.8 Å². The number of carbonyl (C=O) groups excluding carboxylic acids is 7. The number of anilines is 1. The van der Waals surface area contributed by atoms with Crippen LogP contribution in [0.1, 0.15) is 78.9 Å². The summed E-state index contributed by atoms with van der Waals surface area (Å²) < 4.78 is 16.7. The first-order valence-corrected chi connectivity index (χ1v) is 19.5. The van der Waals surface area contributed by atoms with Crippen molar-refractivity contribution in [2.45, 2.75) is 105 Å². The van der Waals surface area contributed by atoms with Gasteiger partial charge in [0.2, 0.25) is 17.7 Å². The third-order valence-electron chi connectivity index (χ3n) is 9.07. The summed E-state index contributed by atoms with van der Waals surface area (Å²) in [6.45, 7) is 13.9. The molecule has 2 aromatic rings. The summed E-state index contributed by atoms with van der Waals surface area (Å²) in [4.78, 5) is 91.5. The minimum Gasteiger partial charge on any atom is -0.491 e. The normalized spacial score (nSPS) is 14.7. The van der Waals surface area contributed by atoms with Crippen LogP contribution >= 0.6 is 0 Å². The Kier molecular flexibility index (Phi) is 17.9. The summed E-state index contributed by atoms with van der Waals surface area (Å²) in [5, 5.41) is 10.7. The van der Waals surface area contributed by atoms with Crippen molar-refractivity contribution in [1.82, 2.24) is 20.9 Å². The second-order valence-corrected chi connectivity index (χ2v) is 15.4. The van der Waals surface area contributed by atoms with Crippen molar-refractivity contribution >= 4 is 47.2 Å². The predicted octanol–water partition coefficient (Wildman–Crippen LogP) is 3.52. The highest BCUT2D eigenvalue weighted by Crippen LogP contribution is 2.21. The zero-order chi connectivity index (χ0) is 43.0. The molecule has 0 fully saturated rings. The summed E-state index contributed by atoms with van der Waals surface area (Å²) in [6, 6.07) is 9.24. The second kappa shape index (κ2) is 22.2. The minimum atomic E-state index is -1.31. The Morgan fingerprint density at radius 1 is 0.810 bits per heavy atom. The number of benzene rings is 2. The maximum Gasteiger partial charge on any atom is 0.312 e. The average Bonchev–Trinajstić information content (AvgIpc) is 3.49. The highest BCUT2D eigenvalue weighted by Gasteiger charge is 2.38. The maximum atomic E-state index is 14.0. The van der Waals surface area contributed by atoms with Gasteiger partial charge in [0, 0.05) is 43.8 Å². The van der Waals surface area contributed by atoms with E-state index in [1.807, 2.05) is 13.8 Å². The number of imide groups is 1. The van der Waals surface area contributed by atoms with Gasteiger partial charge >= 0.3 is 12.0 Å². The van der Waals surface area contributed by atoms with Crippen LogP contribution in [-0.2, 0) is 51.3 Å². The van der Waals surface area contributed by atoms with Crippen molar-refractivity contribution in [2.24, 2.45) is 17.1 Å². The van der Waals surface area contributed by atoms with E-state index in [1.54, 1.807) is 83.1 Å². The van der Waals surface area contributed by atoms with Crippen LogP contribution in [0.25, 0.3) is 0 Å². The molecule has 0 aliphatic carbocycles. The standard InChI is InChI=1S/C42H58N6O10/c1-8-56-23-21-27(4)58-31-17-13-28(14-18-31)24-33(48-34(49)19-20-35(48)50)38(52)47-36(26(2)3)39(53)46-32(10-9-22-44-41(43)55)37(51)45-30-15-11-29(12-16-30)25-57-40(54)42(5,6)7/h11-20,26-27,32-33,36H,8-10,21-25H2,1-7H3,(H,45,51)(H,46,53)(H,47,52)(H3,43,44,55)/t27?,32-,33-,36-/m0/s1. The average molecular weight is 807 g/mol. The first-order chi connectivity index (χ1) is 27.4. The lowest BCUT2D eigenvalue weighted by Crippen LogP contribution is -2.59. The van der Waals surface area contributed by atoms with Crippen molar-refractivity contribution in [3.63, 3.8) is 0 Å². The maximum absolute atomic E-state index is 14.0. The Bertz CT molecular complexity index is 1750. The zero-order valence-electron chi connectivity index (χ0n) is 34.4. The predicted molar refractivity (Wildman–Crippen MR) is 216 cm³/mol. The molecule has 1 aliphatic rings. The molecule has 2 aromatic carbocycles. The van der Waals surface area contributed by atoms with E-state index in [0.717, 1.165) is 17.1 Å². The van der Waals surface area contributed by atoms with Crippen molar-refractivity contribution in [3.8, 4) is 5.75 Å². The molecule has 0 spiro atoms. The number of hydrogen-bond acceptors (Lipinski definition) is 10. The van der Waals surface area contributed by atoms with E-state index < -0.39 is 65.0 Å². The molecule has 0 bridgehead atoms. The van der Waals surface area contributed by atoms with Crippen molar-refractivity contribution < 1.29 is 47.8 Å². The third-order valence-corrected chi connectivity index (χ3v) is 9.07. The SMILES string of the molecule is CCOCCC(C)Oc1ccc(C[C@@H](C(=O)N[C@H](C(=O)N[C@@H](CCCNC(N)=O)C(=O)Nc2ccc(COC(=O)C(C)(C)C)cc2)C(C)C)N2C(=O)C=CC2=O)cc1. The van der Waals surface area contributed by atoms with Gasteiger partial charge in [-0.3, -0.25) is 33.7 Å². The molecule has 16 nitrogen and oxygen atoms in total. The fourth-order valence-electron chi connectivity index (χ4n) is 5.74. The summed E-state index contributed by atoms with van der Waals surface area (Å²) in [7, 11) is 0. The minimum absolute atomic E-state index is 0.0476. The lowest BCUT2D eigenvalue weighted by molar-refractivity contribution is -0.154. The molecule has 1 unspecified atom stereocenters. The van der Waals surface area contributed by atoms with E-state index in [0.29, 0.717) is 42.2 Å². The molecule has 0 saturated heterocycles. The topological polar surface area (TPSA) is 225 Å². The van der Waals surface area contributed by atoms with Crippen LogP contribution in [-0.4, -0.2) is 90.4 Å². The number of nitrogens with one attached hydrogen (secondary N) is 4. The molecule has 0 radical (unpaired) electrons. The number of hydrogen-bond donors (Lipinski definition) is 5. The fourth-order valence-corrected chi connectivity index (χ4v) is 5.74. The quantitative estimate of drug-likeness (QED) is 0.0662. The van der Waals surface area contributed by atoms with Crippen LogP contribution in [0.15, 0.2) is 60.7 Å². The second-order valence-electron chi connectivity index (χ2n) is 15.4. The Balaban J connectivity index is 1.76. The van der Waals surface area contributed by atoms with Gasteiger partial charge in [0.05, 0.1) is 18.1 Å². The van der Waals surface area contributed by atoms with Gasteiger partial charge in [0.15, 0.2) is 0 Å². The van der Waals surface area contributed by atoms with Gasteiger partial charge in [-0.25, -0.2) is 4.79 Å². The van der Waals surface area contributed by atoms with Gasteiger partial charge < -0.3 is 41.2 Å². The molecule has 3 rings (SSSR count). The molecule has 1 heterocycles. The molecule has 58 heavy (non-hydrogen) atoms. The van der Waals surface area contributed by atoms with E-state index in [-0.39, 0.29) is 44.5 Å². The van der Waals surface area contributed by atoms with Gasteiger partial charge in [-0.05, 0) is 88.8 Å². The summed E-state index contributed by atoms with van der Waals surface area (Å²) in [5.41, 5.74) is 6.28. The molecule has 0 saturated carbocycles. The number of rotatable bonds is 22. The molecular weight excluding hydrogens is 748 g/mol. The van der Waals surface area contributed by atoms with E-state index in [4.69, 9.17) is 19.9 Å². The molecule has 7 amide bonds. The number of esters is 1. The number of nitrogens with zero attached hydrogens (tertiary/aromatic N) is 1. The van der Waals surface area contributed by atoms with Crippen LogP contribution in [0, 0.1) is 11.3 Å². The van der Waals surface area contributed by atoms with Gasteiger partial charge in [-0.1, -0.05) is 38.1 Å². The van der Waals surface area contributed by atoms with E-state index in [1.165, 1.54) is 0 Å². The van der Waals surface area contributed by atoms with E-state index in [9.17, 15) is 33.6 Å². The smallest absolute Gasteiger partial charge is 0.312 e. The molecule has 0 aromatic heterocycles. The zero-order valence-corrected chi connectivity index (χ0v) is 34.4. The summed E-state index contributed by atoms with van der Waals surface area (Å²) in [5.74, 6) is -3.58. The molecule has 4 atom stereocenters. The van der Waals surface area contributed by atoms with Gasteiger partial charge in [-0.15, -0.1) is 0 Å². The van der Waals surface area contributed by atoms with E-state index >= 15 is 0 Å². The Morgan fingerprint density at radius 2 is 1.43 bits per heavy atom. The molecular formula is C42H58N6O10. The molecule has 316 valence electrons. The number of ether oxygens (including phenoxy) is 3. The monoisotopic (exact) mass is 806 g/mol. The van der Waals surface area contributed by atoms with Crippen LogP contribution in [0.3, 0.4) is 0 Å². The Labute approximate surface area is 340 Å². The van der Waals surface area contributed by atoms with Crippen LogP contribution in [0.2, 0.25) is 0 Å². The van der Waals surface area contributed by atoms with Gasteiger partial charge in [-0.2, -0.15) is 0 Å². The lowest BCUT2D eigenvalue weighted by Gasteiger charge is -2.30. The molecule has 1 aliphatic heterocycles. The Hall–Kier alpha value is -5.77. The largest absolute Gasteiger partial charge is 0.491 e. The van der Waals surface area contributed by atoms with Crippen LogP contribution in [0.4, 0.5) is 10.5 Å². The van der Waals surface area contributed by atoms with Crippen molar-refractivity contribution in [3.05, 3.63) is 71.8 Å². The first-order valence-electron chi connectivity index (χ1n) is 19.5. The number of amides is 7. The highest BCUT2D eigenvalue weighted by atomic mass is 16.5. The first kappa shape index (κ1) is 46.6. The number of primary amides is 1. The lowest BCUT2D eigenvalue weighted by atomic mass is 9.97. The number of nitrogens with two attached hydrogens (primary N) is 1. The number of urea groups is 1. The summed E-state index contributed by atoms with van der Waals surface area (Å²) >= 11 is 0. The van der Waals surface area contributed by atoms with Crippen LogP contribution < -0.4 is 31.7 Å².